The first-order valence-corrected chi connectivity index (χ1v) is 8.98. The van der Waals surface area contributed by atoms with Crippen molar-refractivity contribution in [2.45, 2.75) is 39.2 Å². The van der Waals surface area contributed by atoms with Gasteiger partial charge in [0.05, 0.1) is 23.2 Å². The lowest BCUT2D eigenvalue weighted by atomic mass is 10.0. The van der Waals surface area contributed by atoms with Gasteiger partial charge in [0.15, 0.2) is 0 Å². The number of hydrogen-bond acceptors (Lipinski definition) is 3. The van der Waals surface area contributed by atoms with Crippen LogP contribution in [0.3, 0.4) is 0 Å². The van der Waals surface area contributed by atoms with Crippen LogP contribution in [0.5, 0.6) is 0 Å². The van der Waals surface area contributed by atoms with Crippen LogP contribution in [-0.4, -0.2) is 15.1 Å². The highest BCUT2D eigenvalue weighted by Crippen LogP contribution is 2.30. The molecule has 134 valence electrons. The summed E-state index contributed by atoms with van der Waals surface area (Å²) in [5, 5.41) is 9.72. The number of nitrogens with zero attached hydrogens (tertiary/aromatic N) is 2. The van der Waals surface area contributed by atoms with E-state index >= 15 is 0 Å². The molecule has 0 bridgehead atoms. The van der Waals surface area contributed by atoms with Gasteiger partial charge in [-0.05, 0) is 49.6 Å². The van der Waals surface area contributed by atoms with Crippen molar-refractivity contribution in [1.29, 1.82) is 0 Å². The molecule has 0 aliphatic carbocycles. The summed E-state index contributed by atoms with van der Waals surface area (Å²) in [7, 11) is 0. The number of rotatable bonds is 6. The SMILES string of the molecule is CCCCc1cnc(-c2ccc(F)cc2)c(-c2ccc(C(C)O)cc2)n1. The van der Waals surface area contributed by atoms with Gasteiger partial charge < -0.3 is 5.11 Å². The van der Waals surface area contributed by atoms with E-state index in [1.165, 1.54) is 12.1 Å². The fourth-order valence-electron chi connectivity index (χ4n) is 2.84. The minimum absolute atomic E-state index is 0.274. The Morgan fingerprint density at radius 2 is 1.58 bits per heavy atom. The zero-order valence-corrected chi connectivity index (χ0v) is 15.1. The third-order valence-corrected chi connectivity index (χ3v) is 4.39. The molecule has 3 aromatic rings. The van der Waals surface area contributed by atoms with E-state index in [1.807, 2.05) is 30.5 Å². The molecule has 1 unspecified atom stereocenters. The molecule has 1 aromatic heterocycles. The molecule has 1 heterocycles. The molecule has 0 saturated heterocycles. The number of unbranched alkanes of at least 4 members (excludes halogenated alkanes) is 1. The Morgan fingerprint density at radius 1 is 0.962 bits per heavy atom. The lowest BCUT2D eigenvalue weighted by Gasteiger charge is -2.12. The van der Waals surface area contributed by atoms with Crippen molar-refractivity contribution >= 4 is 0 Å². The molecule has 3 rings (SSSR count). The monoisotopic (exact) mass is 350 g/mol. The third kappa shape index (κ3) is 4.14. The summed E-state index contributed by atoms with van der Waals surface area (Å²) in [6.45, 7) is 3.89. The van der Waals surface area contributed by atoms with Gasteiger partial charge in [0, 0.05) is 17.3 Å². The second kappa shape index (κ2) is 8.19. The second-order valence-corrected chi connectivity index (χ2v) is 6.47. The second-order valence-electron chi connectivity index (χ2n) is 6.47. The molecule has 4 heteroatoms. The van der Waals surface area contributed by atoms with Crippen molar-refractivity contribution in [3.63, 3.8) is 0 Å². The number of aliphatic hydroxyl groups excluding tert-OH is 1. The predicted molar refractivity (Wildman–Crippen MR) is 102 cm³/mol. The molecule has 0 fully saturated rings. The normalized spacial score (nSPS) is 12.2. The molecule has 1 N–H and O–H groups in total. The van der Waals surface area contributed by atoms with Crippen LogP contribution in [0.1, 0.15) is 44.1 Å². The maximum absolute atomic E-state index is 13.3. The van der Waals surface area contributed by atoms with Crippen molar-refractivity contribution in [3.8, 4) is 22.5 Å². The summed E-state index contributed by atoms with van der Waals surface area (Å²) in [6.07, 6.45) is 4.33. The molecule has 0 radical (unpaired) electrons. The highest BCUT2D eigenvalue weighted by molar-refractivity contribution is 5.77. The van der Waals surface area contributed by atoms with Gasteiger partial charge in [-0.2, -0.15) is 0 Å². The smallest absolute Gasteiger partial charge is 0.123 e. The summed E-state index contributed by atoms with van der Waals surface area (Å²) < 4.78 is 13.3. The first kappa shape index (κ1) is 18.2. The number of aromatic nitrogens is 2. The van der Waals surface area contributed by atoms with Crippen molar-refractivity contribution < 1.29 is 9.50 Å². The van der Waals surface area contributed by atoms with Crippen LogP contribution in [0, 0.1) is 5.82 Å². The Balaban J connectivity index is 2.07. The minimum Gasteiger partial charge on any atom is -0.389 e. The summed E-state index contributed by atoms with van der Waals surface area (Å²) in [6, 6.07) is 14.0. The highest BCUT2D eigenvalue weighted by Gasteiger charge is 2.13. The van der Waals surface area contributed by atoms with Crippen molar-refractivity contribution in [2.75, 3.05) is 0 Å². The number of aliphatic hydroxyl groups is 1. The zero-order valence-electron chi connectivity index (χ0n) is 15.1. The number of aryl methyl sites for hydroxylation is 1. The largest absolute Gasteiger partial charge is 0.389 e. The van der Waals surface area contributed by atoms with E-state index in [1.54, 1.807) is 19.1 Å². The van der Waals surface area contributed by atoms with Crippen LogP contribution in [0.25, 0.3) is 22.5 Å². The van der Waals surface area contributed by atoms with Gasteiger partial charge in [-0.1, -0.05) is 37.6 Å². The van der Waals surface area contributed by atoms with E-state index in [-0.39, 0.29) is 5.82 Å². The number of hydrogen-bond donors (Lipinski definition) is 1. The summed E-state index contributed by atoms with van der Waals surface area (Å²) in [5.41, 5.74) is 5.08. The molecule has 0 aliphatic rings. The molecule has 3 nitrogen and oxygen atoms in total. The fraction of sp³-hybridized carbons (Fsp3) is 0.273. The summed E-state index contributed by atoms with van der Waals surface area (Å²) in [4.78, 5) is 9.47. The van der Waals surface area contributed by atoms with E-state index in [0.29, 0.717) is 0 Å². The third-order valence-electron chi connectivity index (χ3n) is 4.39. The lowest BCUT2D eigenvalue weighted by molar-refractivity contribution is 0.199. The van der Waals surface area contributed by atoms with Crippen molar-refractivity contribution in [3.05, 3.63) is 71.8 Å². The fourth-order valence-corrected chi connectivity index (χ4v) is 2.84. The molecule has 0 saturated carbocycles. The van der Waals surface area contributed by atoms with Crippen LogP contribution in [0.2, 0.25) is 0 Å². The Bertz CT molecular complexity index is 858. The molecular weight excluding hydrogens is 327 g/mol. The van der Waals surface area contributed by atoms with Gasteiger partial charge >= 0.3 is 0 Å². The topological polar surface area (TPSA) is 46.0 Å². The average Bonchev–Trinajstić information content (AvgIpc) is 2.67. The molecule has 26 heavy (non-hydrogen) atoms. The molecular formula is C22H23FN2O. The van der Waals surface area contributed by atoms with Crippen LogP contribution >= 0.6 is 0 Å². The minimum atomic E-state index is -0.511. The zero-order chi connectivity index (χ0) is 18.5. The standard InChI is InChI=1S/C22H23FN2O/c1-3-4-5-20-14-24-21(17-10-12-19(23)13-11-17)22(25-20)18-8-6-16(7-9-18)15(2)26/h6-15,26H,3-5H2,1-2H3. The van der Waals surface area contributed by atoms with Gasteiger partial charge in [-0.3, -0.25) is 4.98 Å². The molecule has 0 aliphatic heterocycles. The van der Waals surface area contributed by atoms with Gasteiger partial charge in [-0.25, -0.2) is 9.37 Å². The summed E-state index contributed by atoms with van der Waals surface area (Å²) in [5.74, 6) is -0.274. The maximum Gasteiger partial charge on any atom is 0.123 e. The molecule has 2 aromatic carbocycles. The quantitative estimate of drug-likeness (QED) is 0.652. The number of benzene rings is 2. The van der Waals surface area contributed by atoms with Gasteiger partial charge in [-0.15, -0.1) is 0 Å². The lowest BCUT2D eigenvalue weighted by Crippen LogP contribution is -1.99. The molecule has 0 spiro atoms. The van der Waals surface area contributed by atoms with Gasteiger partial charge in [0.1, 0.15) is 5.82 Å². The van der Waals surface area contributed by atoms with Crippen LogP contribution < -0.4 is 0 Å². The van der Waals surface area contributed by atoms with Crippen LogP contribution in [0.15, 0.2) is 54.7 Å². The van der Waals surface area contributed by atoms with E-state index in [0.717, 1.165) is 53.0 Å². The van der Waals surface area contributed by atoms with Crippen molar-refractivity contribution in [2.24, 2.45) is 0 Å². The van der Waals surface area contributed by atoms with Crippen LogP contribution in [-0.2, 0) is 6.42 Å². The first-order valence-electron chi connectivity index (χ1n) is 8.98. The van der Waals surface area contributed by atoms with E-state index in [2.05, 4.69) is 11.9 Å². The van der Waals surface area contributed by atoms with Crippen molar-refractivity contribution in [1.82, 2.24) is 9.97 Å². The Hall–Kier alpha value is -2.59. The molecule has 1 atom stereocenters. The Labute approximate surface area is 153 Å². The average molecular weight is 350 g/mol. The Morgan fingerprint density at radius 3 is 2.19 bits per heavy atom. The summed E-state index contributed by atoms with van der Waals surface area (Å²) >= 11 is 0. The predicted octanol–water partition coefficient (Wildman–Crippen LogP) is 5.35. The maximum atomic E-state index is 13.3. The Kier molecular flexibility index (Phi) is 5.74. The van der Waals surface area contributed by atoms with Gasteiger partial charge in [0.25, 0.3) is 0 Å². The van der Waals surface area contributed by atoms with E-state index < -0.39 is 6.10 Å². The molecule has 0 amide bonds. The first-order chi connectivity index (χ1) is 12.6. The van der Waals surface area contributed by atoms with Gasteiger partial charge in [0.2, 0.25) is 0 Å². The van der Waals surface area contributed by atoms with Crippen LogP contribution in [0.4, 0.5) is 4.39 Å². The highest BCUT2D eigenvalue weighted by atomic mass is 19.1. The van der Waals surface area contributed by atoms with E-state index in [9.17, 15) is 9.50 Å². The van der Waals surface area contributed by atoms with E-state index in [4.69, 9.17) is 4.98 Å². The number of halogens is 1.